The van der Waals surface area contributed by atoms with E-state index in [0.29, 0.717) is 6.54 Å². The van der Waals surface area contributed by atoms with Gasteiger partial charge in [0.25, 0.3) is 0 Å². The smallest absolute Gasteiger partial charge is 0.126 e. The minimum atomic E-state index is 0.652. The van der Waals surface area contributed by atoms with Crippen molar-refractivity contribution in [3.8, 4) is 0 Å². The number of hydrogen-bond donors (Lipinski definition) is 2. The van der Waals surface area contributed by atoms with Gasteiger partial charge in [-0.1, -0.05) is 0 Å². The first kappa shape index (κ1) is 9.46. The summed E-state index contributed by atoms with van der Waals surface area (Å²) in [5, 5.41) is 3.21. The molecule has 0 fully saturated rings. The topological polar surface area (TPSA) is 50.9 Å². The number of fused-ring (bicyclic) bond motifs is 1. The highest BCUT2D eigenvalue weighted by atomic mass is 15.0. The minimum Gasteiger partial charge on any atom is -0.369 e. The lowest BCUT2D eigenvalue weighted by molar-refractivity contribution is 0.682. The van der Waals surface area contributed by atoms with Gasteiger partial charge in [-0.05, 0) is 42.9 Å². The molecule has 0 spiro atoms. The van der Waals surface area contributed by atoms with E-state index < -0.39 is 0 Å². The molecule has 0 bridgehead atoms. The minimum absolute atomic E-state index is 0.652. The predicted octanol–water partition coefficient (Wildman–Crippen LogP) is 1.33. The molecule has 0 unspecified atom stereocenters. The lowest BCUT2D eigenvalue weighted by Crippen LogP contribution is -2.14. The summed E-state index contributed by atoms with van der Waals surface area (Å²) < 4.78 is 0. The summed E-state index contributed by atoms with van der Waals surface area (Å²) in [5.74, 6) is 0.969. The number of anilines is 1. The molecular formula is C11H17N3. The molecule has 0 amide bonds. The fourth-order valence-electron chi connectivity index (χ4n) is 1.91. The van der Waals surface area contributed by atoms with Gasteiger partial charge in [0.2, 0.25) is 0 Å². The van der Waals surface area contributed by atoms with Gasteiger partial charge in [-0.3, -0.25) is 0 Å². The summed E-state index contributed by atoms with van der Waals surface area (Å²) in [6, 6.07) is 2.17. The zero-order chi connectivity index (χ0) is 9.80. The van der Waals surface area contributed by atoms with Crippen LogP contribution >= 0.6 is 0 Å². The van der Waals surface area contributed by atoms with Crippen molar-refractivity contribution in [3.05, 3.63) is 23.4 Å². The second-order valence-electron chi connectivity index (χ2n) is 3.76. The molecule has 1 aromatic heterocycles. The molecule has 1 aliphatic rings. The summed E-state index contributed by atoms with van der Waals surface area (Å²) in [6.07, 6.45) is 7.03. The number of nitrogens with zero attached hydrogens (tertiary/aromatic N) is 1. The molecule has 0 atom stereocenters. The number of rotatable bonds is 3. The number of aryl methyl sites for hydroxylation is 2. The Bertz CT molecular complexity index is 309. The van der Waals surface area contributed by atoms with Crippen molar-refractivity contribution >= 4 is 5.82 Å². The first-order valence-corrected chi connectivity index (χ1v) is 5.32. The molecule has 0 radical (unpaired) electrons. The molecule has 14 heavy (non-hydrogen) atoms. The van der Waals surface area contributed by atoms with Crippen LogP contribution in [0.4, 0.5) is 5.82 Å². The quantitative estimate of drug-likeness (QED) is 0.758. The van der Waals surface area contributed by atoms with E-state index in [1.807, 2.05) is 6.20 Å². The van der Waals surface area contributed by atoms with Crippen molar-refractivity contribution in [2.24, 2.45) is 5.73 Å². The van der Waals surface area contributed by atoms with Crippen LogP contribution in [0.15, 0.2) is 12.3 Å². The average Bonchev–Trinajstić information content (AvgIpc) is 2.26. The van der Waals surface area contributed by atoms with Crippen molar-refractivity contribution in [2.45, 2.75) is 25.7 Å². The highest BCUT2D eigenvalue weighted by Crippen LogP contribution is 2.22. The standard InChI is InChI=1S/C11H17N3/c12-5-6-13-11-7-9-3-1-2-4-10(9)8-14-11/h7-8H,1-6,12H2,(H,13,14). The Morgan fingerprint density at radius 1 is 1.29 bits per heavy atom. The van der Waals surface area contributed by atoms with E-state index in [4.69, 9.17) is 5.73 Å². The van der Waals surface area contributed by atoms with Crippen LogP contribution < -0.4 is 11.1 Å². The van der Waals surface area contributed by atoms with Crippen molar-refractivity contribution in [3.63, 3.8) is 0 Å². The highest BCUT2D eigenvalue weighted by molar-refractivity contribution is 5.42. The van der Waals surface area contributed by atoms with Gasteiger partial charge in [0.1, 0.15) is 5.82 Å². The molecular weight excluding hydrogens is 174 g/mol. The Morgan fingerprint density at radius 3 is 2.86 bits per heavy atom. The summed E-state index contributed by atoms with van der Waals surface area (Å²) in [6.45, 7) is 1.45. The molecule has 76 valence electrons. The van der Waals surface area contributed by atoms with E-state index in [1.54, 1.807) is 0 Å². The van der Waals surface area contributed by atoms with Gasteiger partial charge in [-0.15, -0.1) is 0 Å². The second-order valence-corrected chi connectivity index (χ2v) is 3.76. The predicted molar refractivity (Wildman–Crippen MR) is 58.4 cm³/mol. The molecule has 3 N–H and O–H groups in total. The largest absolute Gasteiger partial charge is 0.369 e. The third-order valence-electron chi connectivity index (χ3n) is 2.68. The van der Waals surface area contributed by atoms with Crippen LogP contribution in [0.25, 0.3) is 0 Å². The van der Waals surface area contributed by atoms with Crippen LogP contribution in [0.2, 0.25) is 0 Å². The van der Waals surface area contributed by atoms with Crippen molar-refractivity contribution < 1.29 is 0 Å². The molecule has 1 aromatic rings. The third kappa shape index (κ3) is 2.04. The Hall–Kier alpha value is -1.09. The molecule has 0 saturated heterocycles. The van der Waals surface area contributed by atoms with E-state index in [1.165, 1.54) is 36.8 Å². The van der Waals surface area contributed by atoms with E-state index >= 15 is 0 Å². The Morgan fingerprint density at radius 2 is 2.07 bits per heavy atom. The van der Waals surface area contributed by atoms with Crippen molar-refractivity contribution in [1.29, 1.82) is 0 Å². The van der Waals surface area contributed by atoms with Gasteiger partial charge in [0.05, 0.1) is 0 Å². The summed E-state index contributed by atoms with van der Waals surface area (Å²) >= 11 is 0. The van der Waals surface area contributed by atoms with Crippen LogP contribution in [0.1, 0.15) is 24.0 Å². The molecule has 3 nitrogen and oxygen atoms in total. The third-order valence-corrected chi connectivity index (χ3v) is 2.68. The van der Waals surface area contributed by atoms with Gasteiger partial charge >= 0.3 is 0 Å². The Kier molecular flexibility index (Phi) is 2.99. The normalized spacial score (nSPS) is 14.9. The van der Waals surface area contributed by atoms with Gasteiger partial charge in [-0.25, -0.2) is 4.98 Å². The van der Waals surface area contributed by atoms with Gasteiger partial charge in [-0.2, -0.15) is 0 Å². The Balaban J connectivity index is 2.12. The fourth-order valence-corrected chi connectivity index (χ4v) is 1.91. The number of pyridine rings is 1. The molecule has 3 heteroatoms. The van der Waals surface area contributed by atoms with E-state index in [2.05, 4.69) is 16.4 Å². The average molecular weight is 191 g/mol. The van der Waals surface area contributed by atoms with E-state index in [0.717, 1.165) is 12.4 Å². The van der Waals surface area contributed by atoms with E-state index in [9.17, 15) is 0 Å². The Labute approximate surface area is 84.7 Å². The van der Waals surface area contributed by atoms with Gasteiger partial charge < -0.3 is 11.1 Å². The zero-order valence-corrected chi connectivity index (χ0v) is 8.42. The highest BCUT2D eigenvalue weighted by Gasteiger charge is 2.09. The second kappa shape index (κ2) is 4.42. The molecule has 2 rings (SSSR count). The lowest BCUT2D eigenvalue weighted by atomic mass is 9.93. The summed E-state index contributed by atoms with van der Waals surface area (Å²) in [7, 11) is 0. The maximum Gasteiger partial charge on any atom is 0.126 e. The number of hydrogen-bond acceptors (Lipinski definition) is 3. The van der Waals surface area contributed by atoms with Gasteiger partial charge in [0, 0.05) is 19.3 Å². The first-order chi connectivity index (χ1) is 6.90. The molecule has 0 aromatic carbocycles. The molecule has 0 saturated carbocycles. The van der Waals surface area contributed by atoms with Crippen molar-refractivity contribution in [1.82, 2.24) is 4.98 Å². The monoisotopic (exact) mass is 191 g/mol. The van der Waals surface area contributed by atoms with Gasteiger partial charge in [0.15, 0.2) is 0 Å². The maximum absolute atomic E-state index is 5.42. The molecule has 0 aliphatic heterocycles. The number of nitrogens with two attached hydrogens (primary N) is 1. The fraction of sp³-hybridized carbons (Fsp3) is 0.545. The zero-order valence-electron chi connectivity index (χ0n) is 8.42. The van der Waals surface area contributed by atoms with E-state index in [-0.39, 0.29) is 0 Å². The number of nitrogens with one attached hydrogen (secondary N) is 1. The van der Waals surface area contributed by atoms with Crippen LogP contribution in [-0.4, -0.2) is 18.1 Å². The first-order valence-electron chi connectivity index (χ1n) is 5.32. The lowest BCUT2D eigenvalue weighted by Gasteiger charge is -2.16. The van der Waals surface area contributed by atoms with Crippen LogP contribution in [0.5, 0.6) is 0 Å². The summed E-state index contributed by atoms with van der Waals surface area (Å²) in [5.41, 5.74) is 8.31. The van der Waals surface area contributed by atoms with Crippen LogP contribution in [0, 0.1) is 0 Å². The summed E-state index contributed by atoms with van der Waals surface area (Å²) in [4.78, 5) is 4.36. The molecule has 1 aliphatic carbocycles. The van der Waals surface area contributed by atoms with Crippen LogP contribution in [-0.2, 0) is 12.8 Å². The number of aromatic nitrogens is 1. The SMILES string of the molecule is NCCNc1cc2c(cn1)CCCC2. The van der Waals surface area contributed by atoms with Crippen LogP contribution in [0.3, 0.4) is 0 Å². The van der Waals surface area contributed by atoms with Crippen molar-refractivity contribution in [2.75, 3.05) is 18.4 Å². The molecule has 1 heterocycles. The maximum atomic E-state index is 5.42.